The van der Waals surface area contributed by atoms with Gasteiger partial charge in [0.15, 0.2) is 14.9 Å². The van der Waals surface area contributed by atoms with E-state index in [0.29, 0.717) is 12.1 Å². The second kappa shape index (κ2) is 6.48. The largest absolute Gasteiger partial charge is 0.361 e. The van der Waals surface area contributed by atoms with Gasteiger partial charge in [0.2, 0.25) is 0 Å². The minimum absolute atomic E-state index is 0.0481. The molecule has 25 heavy (non-hydrogen) atoms. The standard InChI is InChI=1S/C18H21N3O3S/c1-11(2)8-15-17(22)20-16(18(21-15)25(3,23)24)9-12-10-19-14-7-5-4-6-13(12)14/h4-7,10-11,19H,8-9H2,1-3H3,(H,20,22). The molecule has 2 N–H and O–H groups in total. The number of H-pyrrole nitrogens is 2. The first-order valence-electron chi connectivity index (χ1n) is 8.13. The zero-order valence-corrected chi connectivity index (χ0v) is 15.3. The number of hydrogen-bond acceptors (Lipinski definition) is 4. The molecule has 0 spiro atoms. The summed E-state index contributed by atoms with van der Waals surface area (Å²) in [5.74, 6) is 0.209. The molecule has 0 aliphatic rings. The van der Waals surface area contributed by atoms with E-state index in [4.69, 9.17) is 0 Å². The molecule has 3 aromatic rings. The Morgan fingerprint density at radius 2 is 1.92 bits per heavy atom. The molecule has 6 nitrogen and oxygen atoms in total. The van der Waals surface area contributed by atoms with Crippen LogP contribution in [0.4, 0.5) is 0 Å². The van der Waals surface area contributed by atoms with Gasteiger partial charge in [0.25, 0.3) is 5.56 Å². The van der Waals surface area contributed by atoms with Gasteiger partial charge in [0.1, 0.15) is 5.69 Å². The van der Waals surface area contributed by atoms with E-state index in [1.165, 1.54) is 0 Å². The van der Waals surface area contributed by atoms with Crippen LogP contribution in [0.1, 0.15) is 30.8 Å². The number of fused-ring (bicyclic) bond motifs is 1. The number of sulfone groups is 1. The number of aromatic amines is 2. The van der Waals surface area contributed by atoms with Gasteiger partial charge in [-0.15, -0.1) is 0 Å². The summed E-state index contributed by atoms with van der Waals surface area (Å²) in [5.41, 5.74) is 2.14. The Morgan fingerprint density at radius 3 is 2.60 bits per heavy atom. The molecule has 0 radical (unpaired) electrons. The van der Waals surface area contributed by atoms with Crippen molar-refractivity contribution in [2.75, 3.05) is 6.26 Å². The predicted octanol–water partition coefficient (Wildman–Crippen LogP) is 2.44. The van der Waals surface area contributed by atoms with Crippen LogP contribution in [0.25, 0.3) is 10.9 Å². The minimum atomic E-state index is -3.56. The highest BCUT2D eigenvalue weighted by molar-refractivity contribution is 7.90. The summed E-state index contributed by atoms with van der Waals surface area (Å²) in [7, 11) is -3.56. The van der Waals surface area contributed by atoms with Gasteiger partial charge < -0.3 is 9.97 Å². The van der Waals surface area contributed by atoms with Crippen molar-refractivity contribution >= 4 is 20.7 Å². The van der Waals surface area contributed by atoms with Crippen LogP contribution in [0.15, 0.2) is 40.3 Å². The molecule has 0 unspecified atom stereocenters. The summed E-state index contributed by atoms with van der Waals surface area (Å²) in [6.45, 7) is 3.92. The third kappa shape index (κ3) is 3.66. The monoisotopic (exact) mass is 359 g/mol. The lowest BCUT2D eigenvalue weighted by Crippen LogP contribution is -2.23. The van der Waals surface area contributed by atoms with Crippen molar-refractivity contribution in [1.29, 1.82) is 0 Å². The van der Waals surface area contributed by atoms with Gasteiger partial charge in [-0.3, -0.25) is 4.79 Å². The molecule has 0 aliphatic heterocycles. The van der Waals surface area contributed by atoms with E-state index in [1.54, 1.807) is 0 Å². The van der Waals surface area contributed by atoms with E-state index in [2.05, 4.69) is 15.0 Å². The van der Waals surface area contributed by atoms with E-state index in [1.807, 2.05) is 44.3 Å². The number of hydrogen-bond donors (Lipinski definition) is 2. The number of nitrogens with one attached hydrogen (secondary N) is 2. The first-order chi connectivity index (χ1) is 11.8. The predicted molar refractivity (Wildman–Crippen MR) is 97.6 cm³/mol. The summed E-state index contributed by atoms with van der Waals surface area (Å²) >= 11 is 0. The molecule has 2 aromatic heterocycles. The third-order valence-corrected chi connectivity index (χ3v) is 5.06. The summed E-state index contributed by atoms with van der Waals surface area (Å²) in [4.78, 5) is 22.4. The number of aromatic nitrogens is 3. The van der Waals surface area contributed by atoms with Gasteiger partial charge >= 0.3 is 0 Å². The fourth-order valence-electron chi connectivity index (χ4n) is 2.92. The van der Waals surface area contributed by atoms with Crippen molar-refractivity contribution in [3.63, 3.8) is 0 Å². The molecule has 0 atom stereocenters. The highest BCUT2D eigenvalue weighted by Crippen LogP contribution is 2.22. The second-order valence-electron chi connectivity index (χ2n) is 6.70. The van der Waals surface area contributed by atoms with E-state index in [0.717, 1.165) is 22.7 Å². The normalized spacial score (nSPS) is 12.2. The Labute approximate surface area is 146 Å². The molecule has 132 valence electrons. The van der Waals surface area contributed by atoms with E-state index < -0.39 is 9.84 Å². The maximum atomic E-state index is 12.3. The quantitative estimate of drug-likeness (QED) is 0.731. The summed E-state index contributed by atoms with van der Waals surface area (Å²) < 4.78 is 24.4. The number of nitrogens with zero attached hydrogens (tertiary/aromatic N) is 1. The highest BCUT2D eigenvalue weighted by atomic mass is 32.2. The molecule has 0 saturated heterocycles. The number of rotatable bonds is 5. The number of para-hydroxylation sites is 1. The molecular formula is C18H21N3O3S. The molecule has 2 heterocycles. The van der Waals surface area contributed by atoms with Crippen molar-refractivity contribution in [2.24, 2.45) is 5.92 Å². The molecule has 7 heteroatoms. The lowest BCUT2D eigenvalue weighted by molar-refractivity contribution is 0.587. The van der Waals surface area contributed by atoms with Gasteiger partial charge in [-0.1, -0.05) is 32.0 Å². The summed E-state index contributed by atoms with van der Waals surface area (Å²) in [6, 6.07) is 7.75. The SMILES string of the molecule is CC(C)Cc1nc(S(C)(=O)=O)c(Cc2c[nH]c3ccccc23)[nH]c1=O. The van der Waals surface area contributed by atoms with E-state index in [9.17, 15) is 13.2 Å². The van der Waals surface area contributed by atoms with Crippen molar-refractivity contribution in [3.05, 3.63) is 57.8 Å². The van der Waals surface area contributed by atoms with E-state index >= 15 is 0 Å². The van der Waals surface area contributed by atoms with Gasteiger partial charge in [0, 0.05) is 29.8 Å². The van der Waals surface area contributed by atoms with Crippen molar-refractivity contribution in [2.45, 2.75) is 31.7 Å². The van der Waals surface area contributed by atoms with E-state index in [-0.39, 0.29) is 28.6 Å². The first-order valence-corrected chi connectivity index (χ1v) is 10.0. The van der Waals surface area contributed by atoms with Gasteiger partial charge in [-0.2, -0.15) is 0 Å². The maximum absolute atomic E-state index is 12.3. The van der Waals surface area contributed by atoms with Crippen molar-refractivity contribution < 1.29 is 8.42 Å². The average Bonchev–Trinajstić information content (AvgIpc) is 2.92. The number of benzene rings is 1. The van der Waals surface area contributed by atoms with Gasteiger partial charge in [-0.25, -0.2) is 13.4 Å². The lowest BCUT2D eigenvalue weighted by Gasteiger charge is -2.10. The molecular weight excluding hydrogens is 338 g/mol. The molecule has 3 rings (SSSR count). The second-order valence-corrected chi connectivity index (χ2v) is 8.63. The summed E-state index contributed by atoms with van der Waals surface area (Å²) in [6.07, 6.45) is 3.67. The zero-order valence-electron chi connectivity index (χ0n) is 14.5. The maximum Gasteiger partial charge on any atom is 0.269 e. The van der Waals surface area contributed by atoms with Crippen LogP contribution in [0, 0.1) is 5.92 Å². The molecule has 0 amide bonds. The van der Waals surface area contributed by atoms with Crippen LogP contribution in [0.2, 0.25) is 0 Å². The van der Waals surface area contributed by atoms with Gasteiger partial charge in [-0.05, 0) is 24.0 Å². The van der Waals surface area contributed by atoms with Crippen LogP contribution in [-0.4, -0.2) is 29.6 Å². The Hall–Kier alpha value is -2.41. The smallest absolute Gasteiger partial charge is 0.269 e. The van der Waals surface area contributed by atoms with Crippen LogP contribution < -0.4 is 5.56 Å². The fraction of sp³-hybridized carbons (Fsp3) is 0.333. The fourth-order valence-corrected chi connectivity index (χ4v) is 3.77. The first kappa shape index (κ1) is 17.4. The molecule has 0 aliphatic carbocycles. The summed E-state index contributed by atoms with van der Waals surface area (Å²) in [5, 5.41) is 0.946. The average molecular weight is 359 g/mol. The Bertz CT molecular complexity index is 1080. The Balaban J connectivity index is 2.12. The molecule has 0 fully saturated rings. The van der Waals surface area contributed by atoms with Gasteiger partial charge in [0.05, 0.1) is 5.69 Å². The van der Waals surface area contributed by atoms with Crippen LogP contribution in [-0.2, 0) is 22.7 Å². The molecule has 1 aromatic carbocycles. The van der Waals surface area contributed by atoms with Crippen LogP contribution in [0.5, 0.6) is 0 Å². The lowest BCUT2D eigenvalue weighted by atomic mass is 10.1. The Morgan fingerprint density at radius 1 is 1.20 bits per heavy atom. The highest BCUT2D eigenvalue weighted by Gasteiger charge is 2.20. The molecule has 0 bridgehead atoms. The molecule has 0 saturated carbocycles. The van der Waals surface area contributed by atoms with Crippen molar-refractivity contribution in [3.8, 4) is 0 Å². The third-order valence-electron chi connectivity index (χ3n) is 4.02. The zero-order chi connectivity index (χ0) is 18.2. The Kier molecular flexibility index (Phi) is 4.51. The minimum Gasteiger partial charge on any atom is -0.361 e. The van der Waals surface area contributed by atoms with Crippen LogP contribution in [0.3, 0.4) is 0 Å². The van der Waals surface area contributed by atoms with Crippen LogP contribution >= 0.6 is 0 Å². The van der Waals surface area contributed by atoms with Crippen molar-refractivity contribution in [1.82, 2.24) is 15.0 Å². The topological polar surface area (TPSA) is 95.7 Å².